The van der Waals surface area contributed by atoms with Gasteiger partial charge < -0.3 is 15.3 Å². The number of carbonyl (C=O) groups excluding carboxylic acids is 2. The average molecular weight is 262 g/mol. The van der Waals surface area contributed by atoms with Crippen molar-refractivity contribution in [3.8, 4) is 5.75 Å². The molecule has 1 fully saturated rings. The summed E-state index contributed by atoms with van der Waals surface area (Å²) >= 11 is 0. The first-order valence-corrected chi connectivity index (χ1v) is 6.49. The van der Waals surface area contributed by atoms with E-state index in [0.717, 1.165) is 19.3 Å². The molecule has 0 spiro atoms. The molecule has 1 heterocycles. The Kier molecular flexibility index (Phi) is 4.04. The lowest BCUT2D eigenvalue weighted by atomic mass is 10.0. The van der Waals surface area contributed by atoms with E-state index in [1.807, 2.05) is 6.92 Å². The molecule has 2 amide bonds. The highest BCUT2D eigenvalue weighted by Crippen LogP contribution is 2.18. The van der Waals surface area contributed by atoms with Gasteiger partial charge in [-0.25, -0.2) is 0 Å². The Morgan fingerprint density at radius 1 is 1.37 bits per heavy atom. The lowest BCUT2D eigenvalue weighted by Gasteiger charge is -2.32. The number of benzene rings is 1. The molecule has 0 bridgehead atoms. The molecule has 19 heavy (non-hydrogen) atoms. The molecule has 102 valence electrons. The maximum absolute atomic E-state index is 12.0. The third-order valence-electron chi connectivity index (χ3n) is 3.36. The van der Waals surface area contributed by atoms with Crippen LogP contribution in [-0.2, 0) is 9.59 Å². The first-order chi connectivity index (χ1) is 9.08. The Morgan fingerprint density at radius 3 is 2.84 bits per heavy atom. The normalized spacial score (nSPS) is 19.0. The van der Waals surface area contributed by atoms with Crippen LogP contribution < -0.4 is 5.32 Å². The highest BCUT2D eigenvalue weighted by molar-refractivity contribution is 6.39. The fourth-order valence-corrected chi connectivity index (χ4v) is 2.30. The SMILES string of the molecule is CC1CCCCN1C(=O)C(=O)Nc1cccc(O)c1. The van der Waals surface area contributed by atoms with Crippen LogP contribution in [0, 0.1) is 0 Å². The number of phenols is 1. The number of amides is 2. The minimum absolute atomic E-state index is 0.0524. The number of nitrogens with one attached hydrogen (secondary N) is 1. The van der Waals surface area contributed by atoms with E-state index in [-0.39, 0.29) is 11.8 Å². The molecule has 1 aliphatic heterocycles. The van der Waals surface area contributed by atoms with E-state index in [1.165, 1.54) is 12.1 Å². The third kappa shape index (κ3) is 3.24. The monoisotopic (exact) mass is 262 g/mol. The van der Waals surface area contributed by atoms with Crippen LogP contribution >= 0.6 is 0 Å². The van der Waals surface area contributed by atoms with Crippen molar-refractivity contribution in [1.29, 1.82) is 0 Å². The second-order valence-corrected chi connectivity index (χ2v) is 4.85. The first-order valence-electron chi connectivity index (χ1n) is 6.49. The van der Waals surface area contributed by atoms with Gasteiger partial charge in [0, 0.05) is 24.3 Å². The molecule has 5 nitrogen and oxygen atoms in total. The van der Waals surface area contributed by atoms with E-state index in [1.54, 1.807) is 17.0 Å². The minimum atomic E-state index is -0.653. The molecule has 5 heteroatoms. The Bertz CT molecular complexity index is 487. The quantitative estimate of drug-likeness (QED) is 0.757. The minimum Gasteiger partial charge on any atom is -0.508 e. The van der Waals surface area contributed by atoms with Crippen LogP contribution in [0.3, 0.4) is 0 Å². The predicted octanol–water partition coefficient (Wildman–Crippen LogP) is 1.73. The maximum atomic E-state index is 12.0. The van der Waals surface area contributed by atoms with Crippen molar-refractivity contribution in [2.75, 3.05) is 11.9 Å². The molecular formula is C14H18N2O3. The van der Waals surface area contributed by atoms with Crippen molar-refractivity contribution in [2.45, 2.75) is 32.2 Å². The fourth-order valence-electron chi connectivity index (χ4n) is 2.30. The number of hydrogen-bond donors (Lipinski definition) is 2. The van der Waals surface area contributed by atoms with Crippen molar-refractivity contribution in [3.63, 3.8) is 0 Å². The van der Waals surface area contributed by atoms with Gasteiger partial charge in [0.05, 0.1) is 0 Å². The summed E-state index contributed by atoms with van der Waals surface area (Å²) in [7, 11) is 0. The summed E-state index contributed by atoms with van der Waals surface area (Å²) in [5, 5.41) is 11.8. The second-order valence-electron chi connectivity index (χ2n) is 4.85. The van der Waals surface area contributed by atoms with Gasteiger partial charge in [-0.05, 0) is 38.3 Å². The van der Waals surface area contributed by atoms with Gasteiger partial charge in [0.25, 0.3) is 0 Å². The summed E-state index contributed by atoms with van der Waals surface area (Å²) in [5.41, 5.74) is 0.419. The number of phenolic OH excluding ortho intramolecular Hbond substituents is 1. The van der Waals surface area contributed by atoms with Crippen LogP contribution in [-0.4, -0.2) is 34.4 Å². The van der Waals surface area contributed by atoms with E-state index in [0.29, 0.717) is 12.2 Å². The van der Waals surface area contributed by atoms with Gasteiger partial charge in [0.1, 0.15) is 5.75 Å². The number of hydrogen-bond acceptors (Lipinski definition) is 3. The van der Waals surface area contributed by atoms with Crippen LogP contribution in [0.15, 0.2) is 24.3 Å². The number of anilines is 1. The topological polar surface area (TPSA) is 69.6 Å². The Labute approximate surface area is 112 Å². The van der Waals surface area contributed by atoms with Crippen LogP contribution in [0.2, 0.25) is 0 Å². The second kappa shape index (κ2) is 5.73. The van der Waals surface area contributed by atoms with Crippen molar-refractivity contribution < 1.29 is 14.7 Å². The van der Waals surface area contributed by atoms with E-state index in [9.17, 15) is 14.7 Å². The van der Waals surface area contributed by atoms with E-state index in [4.69, 9.17) is 0 Å². The zero-order valence-corrected chi connectivity index (χ0v) is 10.9. The molecule has 0 aliphatic carbocycles. The molecule has 0 radical (unpaired) electrons. The molecule has 1 aromatic rings. The summed E-state index contributed by atoms with van der Waals surface area (Å²) in [4.78, 5) is 25.5. The van der Waals surface area contributed by atoms with Gasteiger partial charge >= 0.3 is 11.8 Å². The number of carbonyl (C=O) groups is 2. The van der Waals surface area contributed by atoms with Crippen LogP contribution in [0.4, 0.5) is 5.69 Å². The summed E-state index contributed by atoms with van der Waals surface area (Å²) in [6.07, 6.45) is 2.97. The first kappa shape index (κ1) is 13.4. The van der Waals surface area contributed by atoms with Crippen molar-refractivity contribution in [1.82, 2.24) is 4.90 Å². The van der Waals surface area contributed by atoms with Crippen molar-refractivity contribution >= 4 is 17.5 Å². The molecule has 1 aliphatic rings. The number of rotatable bonds is 1. The summed E-state index contributed by atoms with van der Waals surface area (Å²) in [6, 6.07) is 6.26. The van der Waals surface area contributed by atoms with Gasteiger partial charge in [-0.3, -0.25) is 9.59 Å². The molecule has 1 unspecified atom stereocenters. The van der Waals surface area contributed by atoms with Gasteiger partial charge in [-0.2, -0.15) is 0 Å². The maximum Gasteiger partial charge on any atom is 0.313 e. The Morgan fingerprint density at radius 2 is 2.16 bits per heavy atom. The van der Waals surface area contributed by atoms with Gasteiger partial charge in [-0.15, -0.1) is 0 Å². The standard InChI is InChI=1S/C14H18N2O3/c1-10-5-2-3-8-16(10)14(19)13(18)15-11-6-4-7-12(17)9-11/h4,6-7,9-10,17H,2-3,5,8H2,1H3,(H,15,18). The molecule has 2 rings (SSSR count). The fraction of sp³-hybridized carbons (Fsp3) is 0.429. The van der Waals surface area contributed by atoms with Gasteiger partial charge in [-0.1, -0.05) is 6.07 Å². The lowest BCUT2D eigenvalue weighted by Crippen LogP contribution is -2.47. The molecule has 1 aromatic carbocycles. The van der Waals surface area contributed by atoms with E-state index in [2.05, 4.69) is 5.32 Å². The zero-order valence-electron chi connectivity index (χ0n) is 10.9. The highest BCUT2D eigenvalue weighted by Gasteiger charge is 2.28. The molecule has 0 saturated carbocycles. The number of aromatic hydroxyl groups is 1. The lowest BCUT2D eigenvalue weighted by molar-refractivity contribution is -0.145. The van der Waals surface area contributed by atoms with Gasteiger partial charge in [0.2, 0.25) is 0 Å². The van der Waals surface area contributed by atoms with Crippen molar-refractivity contribution in [2.24, 2.45) is 0 Å². The van der Waals surface area contributed by atoms with E-state index < -0.39 is 11.8 Å². The number of piperidine rings is 1. The Hall–Kier alpha value is -2.04. The van der Waals surface area contributed by atoms with Crippen LogP contribution in [0.25, 0.3) is 0 Å². The zero-order chi connectivity index (χ0) is 13.8. The van der Waals surface area contributed by atoms with Gasteiger partial charge in [0.15, 0.2) is 0 Å². The van der Waals surface area contributed by atoms with E-state index >= 15 is 0 Å². The highest BCUT2D eigenvalue weighted by atomic mass is 16.3. The number of nitrogens with zero attached hydrogens (tertiary/aromatic N) is 1. The molecule has 2 N–H and O–H groups in total. The van der Waals surface area contributed by atoms with Crippen molar-refractivity contribution in [3.05, 3.63) is 24.3 Å². The number of likely N-dealkylation sites (tertiary alicyclic amines) is 1. The molecular weight excluding hydrogens is 244 g/mol. The smallest absolute Gasteiger partial charge is 0.313 e. The Balaban J connectivity index is 2.01. The van der Waals surface area contributed by atoms with Crippen LogP contribution in [0.1, 0.15) is 26.2 Å². The summed E-state index contributed by atoms with van der Waals surface area (Å²) in [5.74, 6) is -1.11. The average Bonchev–Trinajstić information content (AvgIpc) is 2.38. The predicted molar refractivity (Wildman–Crippen MR) is 71.8 cm³/mol. The third-order valence-corrected chi connectivity index (χ3v) is 3.36. The summed E-state index contributed by atoms with van der Waals surface area (Å²) in [6.45, 7) is 2.59. The summed E-state index contributed by atoms with van der Waals surface area (Å²) < 4.78 is 0. The largest absolute Gasteiger partial charge is 0.508 e. The molecule has 0 aromatic heterocycles. The van der Waals surface area contributed by atoms with Crippen LogP contribution in [0.5, 0.6) is 5.75 Å². The molecule has 1 atom stereocenters. The molecule has 1 saturated heterocycles.